The molecule has 1 aliphatic rings. The average Bonchev–Trinajstić information content (AvgIpc) is 2.12. The fourth-order valence-electron chi connectivity index (χ4n) is 1.04. The van der Waals surface area contributed by atoms with Crippen molar-refractivity contribution >= 4 is 0 Å². The molecule has 0 amide bonds. The molecule has 0 spiro atoms. The second kappa shape index (κ2) is 3.65. The number of hydrogen-bond donors (Lipinski definition) is 0. The number of rotatable bonds is 1. The molecule has 0 aromatic rings. The summed E-state index contributed by atoms with van der Waals surface area (Å²) in [5, 5.41) is 0. The van der Waals surface area contributed by atoms with Gasteiger partial charge in [0.05, 0.1) is 0 Å². The molecule has 0 atom stereocenters. The number of halogens is 10. The molecular formula is C6HF10NO. The van der Waals surface area contributed by atoms with Crippen molar-refractivity contribution in [2.24, 2.45) is 0 Å². The maximum Gasteiger partial charge on any atom is 0.445 e. The summed E-state index contributed by atoms with van der Waals surface area (Å²) in [6.07, 6.45) is -13.9. The second-order valence-electron chi connectivity index (χ2n) is 2.99. The summed E-state index contributed by atoms with van der Waals surface area (Å²) < 4.78 is 127. The highest BCUT2D eigenvalue weighted by Gasteiger charge is 2.83. The predicted molar refractivity (Wildman–Crippen MR) is 33.0 cm³/mol. The first-order valence-electron chi connectivity index (χ1n) is 3.79. The average molecular weight is 293 g/mol. The molecule has 1 aliphatic heterocycles. The Hall–Kier alpha value is -1.20. The molecule has 18 heavy (non-hydrogen) atoms. The molecule has 0 bridgehead atoms. The summed E-state index contributed by atoms with van der Waals surface area (Å²) in [6, 6.07) is -12.5. The van der Waals surface area contributed by atoms with Crippen molar-refractivity contribution in [3.05, 3.63) is 12.3 Å². The van der Waals surface area contributed by atoms with Crippen LogP contribution in [0.1, 0.15) is 0 Å². The Kier molecular flexibility index (Phi) is 3.01. The van der Waals surface area contributed by atoms with Gasteiger partial charge in [-0.15, -0.1) is 0 Å². The molecule has 0 radical (unpaired) electrons. The lowest BCUT2D eigenvalue weighted by molar-refractivity contribution is -0.559. The van der Waals surface area contributed by atoms with E-state index in [2.05, 4.69) is 0 Å². The van der Waals surface area contributed by atoms with Crippen molar-refractivity contribution in [2.45, 2.75) is 24.3 Å². The van der Waals surface area contributed by atoms with Gasteiger partial charge in [-0.25, -0.2) is 14.0 Å². The van der Waals surface area contributed by atoms with Gasteiger partial charge in [0.15, 0.2) is 0 Å². The molecule has 0 N–H and O–H groups in total. The Morgan fingerprint density at radius 1 is 0.833 bits per heavy atom. The van der Waals surface area contributed by atoms with Crippen LogP contribution in [0.2, 0.25) is 0 Å². The Bertz CT molecular complexity index is 351. The Morgan fingerprint density at radius 3 is 1.44 bits per heavy atom. The van der Waals surface area contributed by atoms with Gasteiger partial charge < -0.3 is 0 Å². The van der Waals surface area contributed by atoms with E-state index in [1.165, 1.54) is 0 Å². The largest absolute Gasteiger partial charge is 0.445 e. The highest BCUT2D eigenvalue weighted by atomic mass is 19.4. The molecular weight excluding hydrogens is 292 g/mol. The first-order valence-corrected chi connectivity index (χ1v) is 3.79. The van der Waals surface area contributed by atoms with Crippen LogP contribution in [0, 0.1) is 0 Å². The van der Waals surface area contributed by atoms with Crippen molar-refractivity contribution in [1.29, 1.82) is 0 Å². The van der Waals surface area contributed by atoms with E-state index in [0.717, 1.165) is 0 Å². The lowest BCUT2D eigenvalue weighted by atomic mass is 10.3. The van der Waals surface area contributed by atoms with E-state index >= 15 is 0 Å². The molecule has 0 aromatic heterocycles. The maximum absolute atomic E-state index is 12.7. The van der Waals surface area contributed by atoms with E-state index in [1.807, 2.05) is 4.74 Å². The fraction of sp³-hybridized carbons (Fsp3) is 0.667. The monoisotopic (exact) mass is 293 g/mol. The van der Waals surface area contributed by atoms with Crippen LogP contribution < -0.4 is 0 Å². The molecule has 0 unspecified atom stereocenters. The fourth-order valence-corrected chi connectivity index (χ4v) is 1.04. The van der Waals surface area contributed by atoms with E-state index in [0.29, 0.717) is 0 Å². The van der Waals surface area contributed by atoms with E-state index in [1.54, 1.807) is 0 Å². The standard InChI is InChI=1S/C6HF10NO/c7-1-2(8)17-3(9,10)5(13,14)18-6(15,16)4(17,11)12/h1H/b2-1+. The van der Waals surface area contributed by atoms with E-state index in [4.69, 9.17) is 0 Å². The van der Waals surface area contributed by atoms with Gasteiger partial charge in [-0.2, -0.15) is 39.5 Å². The van der Waals surface area contributed by atoms with Crippen molar-refractivity contribution in [3.8, 4) is 0 Å². The molecule has 0 aliphatic carbocycles. The van der Waals surface area contributed by atoms with Gasteiger partial charge in [-0.3, -0.25) is 0 Å². The van der Waals surface area contributed by atoms with Gasteiger partial charge in [0.25, 0.3) is 0 Å². The third kappa shape index (κ3) is 1.69. The lowest BCUT2D eigenvalue weighted by Gasteiger charge is -2.46. The van der Waals surface area contributed by atoms with E-state index in [9.17, 15) is 43.9 Å². The van der Waals surface area contributed by atoms with Crippen molar-refractivity contribution in [1.82, 2.24) is 4.90 Å². The lowest BCUT2D eigenvalue weighted by Crippen LogP contribution is -2.73. The number of nitrogens with zero attached hydrogens (tertiary/aromatic N) is 1. The van der Waals surface area contributed by atoms with E-state index in [-0.39, 0.29) is 0 Å². The van der Waals surface area contributed by atoms with Gasteiger partial charge >= 0.3 is 24.3 Å². The van der Waals surface area contributed by atoms with Crippen LogP contribution in [0.5, 0.6) is 0 Å². The highest BCUT2D eigenvalue weighted by Crippen LogP contribution is 2.57. The second-order valence-corrected chi connectivity index (χ2v) is 2.99. The third-order valence-corrected chi connectivity index (χ3v) is 1.82. The zero-order valence-corrected chi connectivity index (χ0v) is 7.71. The number of hydrogen-bond acceptors (Lipinski definition) is 2. The normalized spacial score (nSPS) is 29.2. The third-order valence-electron chi connectivity index (χ3n) is 1.82. The molecule has 1 heterocycles. The summed E-state index contributed by atoms with van der Waals surface area (Å²) in [5.74, 6) is -3.31. The van der Waals surface area contributed by atoms with Crippen LogP contribution in [-0.2, 0) is 4.74 Å². The Labute approximate surface area is 91.4 Å². The smallest absolute Gasteiger partial charge is 0.242 e. The summed E-state index contributed by atoms with van der Waals surface area (Å²) in [5.41, 5.74) is 0. The van der Waals surface area contributed by atoms with Crippen LogP contribution in [0.15, 0.2) is 12.3 Å². The molecule has 0 aromatic carbocycles. The van der Waals surface area contributed by atoms with Crippen molar-refractivity contribution in [3.63, 3.8) is 0 Å². The first kappa shape index (κ1) is 14.9. The van der Waals surface area contributed by atoms with Crippen molar-refractivity contribution < 1.29 is 48.6 Å². The number of alkyl halides is 8. The number of morpholine rings is 1. The van der Waals surface area contributed by atoms with Gasteiger partial charge in [-0.1, -0.05) is 0 Å². The quantitative estimate of drug-likeness (QED) is 0.542. The predicted octanol–water partition coefficient (Wildman–Crippen LogP) is 3.43. The SMILES string of the molecule is F/C=C(\F)N1C(F)(F)C(F)(F)OC(F)(F)C1(F)F. The minimum Gasteiger partial charge on any atom is -0.242 e. The van der Waals surface area contributed by atoms with E-state index < -0.39 is 41.5 Å². The Balaban J connectivity index is 3.48. The maximum atomic E-state index is 12.7. The molecule has 1 fully saturated rings. The Morgan fingerprint density at radius 2 is 1.17 bits per heavy atom. The molecule has 1 rings (SSSR count). The molecule has 1 saturated heterocycles. The summed E-state index contributed by atoms with van der Waals surface area (Å²) in [7, 11) is 0. The van der Waals surface area contributed by atoms with Crippen LogP contribution in [0.4, 0.5) is 43.9 Å². The molecule has 0 saturated carbocycles. The minimum atomic E-state index is -6.23. The number of ether oxygens (including phenoxy) is 1. The summed E-state index contributed by atoms with van der Waals surface area (Å²) >= 11 is 0. The van der Waals surface area contributed by atoms with Crippen LogP contribution in [0.3, 0.4) is 0 Å². The zero-order valence-electron chi connectivity index (χ0n) is 7.71. The zero-order chi connectivity index (χ0) is 14.6. The first-order chi connectivity index (χ1) is 7.81. The molecule has 106 valence electrons. The van der Waals surface area contributed by atoms with Gasteiger partial charge in [0.2, 0.25) is 5.95 Å². The summed E-state index contributed by atoms with van der Waals surface area (Å²) in [6.45, 7) is 0. The van der Waals surface area contributed by atoms with Gasteiger partial charge in [0, 0.05) is 0 Å². The van der Waals surface area contributed by atoms with Gasteiger partial charge in [0.1, 0.15) is 6.33 Å². The van der Waals surface area contributed by atoms with Crippen LogP contribution in [-0.4, -0.2) is 29.2 Å². The van der Waals surface area contributed by atoms with Crippen LogP contribution >= 0.6 is 0 Å². The van der Waals surface area contributed by atoms with Crippen molar-refractivity contribution in [2.75, 3.05) is 0 Å². The van der Waals surface area contributed by atoms with Crippen LogP contribution in [0.25, 0.3) is 0 Å². The minimum absolute atomic E-state index is 1.60. The molecule has 2 nitrogen and oxygen atoms in total. The summed E-state index contributed by atoms with van der Waals surface area (Å²) in [4.78, 5) is -2.68. The molecule has 12 heteroatoms. The topological polar surface area (TPSA) is 12.5 Å². The van der Waals surface area contributed by atoms with Gasteiger partial charge in [-0.05, 0) is 0 Å². The highest BCUT2D eigenvalue weighted by molar-refractivity contribution is 5.03.